The lowest BCUT2D eigenvalue weighted by Gasteiger charge is -2.08. The smallest absolute Gasteiger partial charge is 0.335 e. The largest absolute Gasteiger partial charge is 0.430 e. The van der Waals surface area contributed by atoms with E-state index < -0.39 is 18.9 Å². The maximum absolute atomic E-state index is 11.1. The molecule has 1 unspecified atom stereocenters. The van der Waals surface area contributed by atoms with Crippen LogP contribution < -0.4 is 0 Å². The van der Waals surface area contributed by atoms with E-state index in [-0.39, 0.29) is 0 Å². The highest BCUT2D eigenvalue weighted by molar-refractivity contribution is 5.87. The lowest BCUT2D eigenvalue weighted by atomic mass is 10.2. The molecule has 0 fully saturated rings. The van der Waals surface area contributed by atoms with Crippen LogP contribution in [-0.4, -0.2) is 29.1 Å². The van der Waals surface area contributed by atoms with Gasteiger partial charge < -0.3 is 14.9 Å². The van der Waals surface area contributed by atoms with Crippen LogP contribution in [0.25, 0.3) is 0 Å². The van der Waals surface area contributed by atoms with Crippen LogP contribution in [0.4, 0.5) is 0 Å². The number of rotatable bonds is 6. The Kier molecular flexibility index (Phi) is 7.06. The fraction of sp³-hybridized carbons (Fsp3) is 0.700. The molecule has 14 heavy (non-hydrogen) atoms. The Balaban J connectivity index is 3.91. The molecule has 0 aliphatic heterocycles. The van der Waals surface area contributed by atoms with E-state index in [0.29, 0.717) is 5.57 Å². The number of carbonyl (C=O) groups excluding carboxylic acids is 1. The molecular weight excluding hydrogens is 184 g/mol. The van der Waals surface area contributed by atoms with Gasteiger partial charge >= 0.3 is 5.97 Å². The third-order valence-electron chi connectivity index (χ3n) is 1.73. The summed E-state index contributed by atoms with van der Waals surface area (Å²) in [6, 6.07) is 0. The van der Waals surface area contributed by atoms with Gasteiger partial charge in [-0.05, 0) is 13.3 Å². The fourth-order valence-corrected chi connectivity index (χ4v) is 0.860. The van der Waals surface area contributed by atoms with E-state index in [1.165, 1.54) is 0 Å². The van der Waals surface area contributed by atoms with Crippen molar-refractivity contribution in [3.63, 3.8) is 0 Å². The van der Waals surface area contributed by atoms with Crippen LogP contribution in [0.2, 0.25) is 0 Å². The molecule has 0 saturated carbocycles. The van der Waals surface area contributed by atoms with Gasteiger partial charge in [-0.25, -0.2) is 4.79 Å². The zero-order valence-electron chi connectivity index (χ0n) is 8.69. The van der Waals surface area contributed by atoms with Crippen molar-refractivity contribution in [3.8, 4) is 0 Å². The summed E-state index contributed by atoms with van der Waals surface area (Å²) in [5.74, 6) is -0.581. The lowest BCUT2D eigenvalue weighted by molar-refractivity contribution is -0.168. The summed E-state index contributed by atoms with van der Waals surface area (Å²) in [7, 11) is 0. The SMILES string of the molecule is CCCCC=C(C)C(=O)OC(O)CO. The third kappa shape index (κ3) is 5.72. The molecule has 0 spiro atoms. The zero-order chi connectivity index (χ0) is 11.0. The van der Waals surface area contributed by atoms with Gasteiger partial charge in [-0.15, -0.1) is 0 Å². The van der Waals surface area contributed by atoms with Crippen LogP contribution in [0, 0.1) is 0 Å². The molecule has 0 bridgehead atoms. The maximum atomic E-state index is 11.1. The predicted octanol–water partition coefficient (Wildman–Crippen LogP) is 0.977. The summed E-state index contributed by atoms with van der Waals surface area (Å²) >= 11 is 0. The highest BCUT2D eigenvalue weighted by Gasteiger charge is 2.10. The van der Waals surface area contributed by atoms with Gasteiger partial charge in [0.2, 0.25) is 6.29 Å². The zero-order valence-corrected chi connectivity index (χ0v) is 8.69. The molecule has 1 atom stereocenters. The first-order valence-electron chi connectivity index (χ1n) is 4.78. The molecule has 4 nitrogen and oxygen atoms in total. The molecule has 0 aromatic rings. The molecule has 0 saturated heterocycles. The van der Waals surface area contributed by atoms with Crippen molar-refractivity contribution in [3.05, 3.63) is 11.6 Å². The Labute approximate surface area is 84.2 Å². The number of allylic oxidation sites excluding steroid dienone is 1. The molecule has 0 heterocycles. The second kappa shape index (κ2) is 7.53. The minimum Gasteiger partial charge on any atom is -0.430 e. The quantitative estimate of drug-likeness (QED) is 0.291. The second-order valence-corrected chi connectivity index (χ2v) is 3.07. The van der Waals surface area contributed by atoms with E-state index >= 15 is 0 Å². The Morgan fingerprint density at radius 3 is 2.71 bits per heavy atom. The van der Waals surface area contributed by atoms with Crippen LogP contribution in [0.3, 0.4) is 0 Å². The van der Waals surface area contributed by atoms with E-state index in [1.807, 2.05) is 0 Å². The number of hydrogen-bond donors (Lipinski definition) is 2. The Bertz CT molecular complexity index is 198. The first-order valence-corrected chi connectivity index (χ1v) is 4.78. The molecule has 2 N–H and O–H groups in total. The van der Waals surface area contributed by atoms with Crippen molar-refractivity contribution >= 4 is 5.97 Å². The summed E-state index contributed by atoms with van der Waals surface area (Å²) in [6.45, 7) is 3.12. The number of ether oxygens (including phenoxy) is 1. The Hall–Kier alpha value is -0.870. The van der Waals surface area contributed by atoms with Crippen molar-refractivity contribution in [2.75, 3.05) is 6.61 Å². The molecular formula is C10H18O4. The van der Waals surface area contributed by atoms with Crippen molar-refractivity contribution in [1.82, 2.24) is 0 Å². The number of aliphatic hydroxyl groups excluding tert-OH is 2. The third-order valence-corrected chi connectivity index (χ3v) is 1.73. The summed E-state index contributed by atoms with van der Waals surface area (Å²) in [6.07, 6.45) is 3.27. The van der Waals surface area contributed by atoms with Gasteiger partial charge in [-0.1, -0.05) is 25.8 Å². The predicted molar refractivity (Wildman–Crippen MR) is 52.5 cm³/mol. The Morgan fingerprint density at radius 1 is 1.57 bits per heavy atom. The summed E-state index contributed by atoms with van der Waals surface area (Å²) in [5, 5.41) is 17.3. The van der Waals surface area contributed by atoms with Gasteiger partial charge in [0.15, 0.2) is 0 Å². The lowest BCUT2D eigenvalue weighted by Crippen LogP contribution is -2.21. The van der Waals surface area contributed by atoms with Crippen LogP contribution in [0.15, 0.2) is 11.6 Å². The monoisotopic (exact) mass is 202 g/mol. The molecule has 0 aliphatic carbocycles. The summed E-state index contributed by atoms with van der Waals surface area (Å²) < 4.78 is 4.49. The minimum absolute atomic E-state index is 0.464. The van der Waals surface area contributed by atoms with Gasteiger partial charge in [-0.3, -0.25) is 0 Å². The first kappa shape index (κ1) is 13.1. The van der Waals surface area contributed by atoms with Crippen molar-refractivity contribution < 1.29 is 19.7 Å². The average Bonchev–Trinajstić information content (AvgIpc) is 2.17. The van der Waals surface area contributed by atoms with E-state index in [1.54, 1.807) is 13.0 Å². The topological polar surface area (TPSA) is 66.8 Å². The molecule has 4 heteroatoms. The molecule has 82 valence electrons. The molecule has 0 aliphatic rings. The molecule has 0 aromatic heterocycles. The van der Waals surface area contributed by atoms with Crippen LogP contribution >= 0.6 is 0 Å². The van der Waals surface area contributed by atoms with E-state index in [9.17, 15) is 4.79 Å². The number of hydrogen-bond acceptors (Lipinski definition) is 4. The van der Waals surface area contributed by atoms with Gasteiger partial charge in [0.05, 0.1) is 0 Å². The van der Waals surface area contributed by atoms with Gasteiger partial charge in [0, 0.05) is 5.57 Å². The summed E-state index contributed by atoms with van der Waals surface area (Å²) in [5.41, 5.74) is 0.464. The standard InChI is InChI=1S/C10H18O4/c1-3-4-5-6-8(2)10(13)14-9(12)7-11/h6,9,11-12H,3-5,7H2,1-2H3. The van der Waals surface area contributed by atoms with E-state index in [0.717, 1.165) is 19.3 Å². The van der Waals surface area contributed by atoms with Gasteiger partial charge in [0.1, 0.15) is 6.61 Å². The highest BCUT2D eigenvalue weighted by Crippen LogP contribution is 2.03. The average molecular weight is 202 g/mol. The molecule has 0 amide bonds. The molecule has 0 radical (unpaired) electrons. The number of esters is 1. The molecule has 0 aromatic carbocycles. The maximum Gasteiger partial charge on any atom is 0.335 e. The van der Waals surface area contributed by atoms with E-state index in [2.05, 4.69) is 11.7 Å². The number of unbranched alkanes of at least 4 members (excludes halogenated alkanes) is 2. The first-order chi connectivity index (χ1) is 6.61. The normalized spacial score (nSPS) is 13.9. The minimum atomic E-state index is -1.42. The van der Waals surface area contributed by atoms with Crippen molar-refractivity contribution in [1.29, 1.82) is 0 Å². The second-order valence-electron chi connectivity index (χ2n) is 3.07. The number of carbonyl (C=O) groups is 1. The van der Waals surface area contributed by atoms with E-state index in [4.69, 9.17) is 10.2 Å². The number of aliphatic hydroxyl groups is 2. The van der Waals surface area contributed by atoms with Crippen molar-refractivity contribution in [2.24, 2.45) is 0 Å². The van der Waals surface area contributed by atoms with Crippen LogP contribution in [0.1, 0.15) is 33.1 Å². The highest BCUT2D eigenvalue weighted by atomic mass is 16.6. The van der Waals surface area contributed by atoms with Gasteiger partial charge in [-0.2, -0.15) is 0 Å². The van der Waals surface area contributed by atoms with Gasteiger partial charge in [0.25, 0.3) is 0 Å². The van der Waals surface area contributed by atoms with Crippen molar-refractivity contribution in [2.45, 2.75) is 39.4 Å². The Morgan fingerprint density at radius 2 is 2.21 bits per heavy atom. The van der Waals surface area contributed by atoms with Crippen LogP contribution in [0.5, 0.6) is 0 Å². The fourth-order valence-electron chi connectivity index (χ4n) is 0.860. The van der Waals surface area contributed by atoms with Crippen LogP contribution in [-0.2, 0) is 9.53 Å². The molecule has 0 rings (SSSR count). The summed E-state index contributed by atoms with van der Waals surface area (Å²) in [4.78, 5) is 11.1.